The normalized spacial score (nSPS) is 24.2. The number of hydrogen-bond donors (Lipinski definition) is 2. The number of ether oxygens (including phenoxy) is 1. The molecule has 5 nitrogen and oxygen atoms in total. The third-order valence-electron chi connectivity index (χ3n) is 3.39. The van der Waals surface area contributed by atoms with Gasteiger partial charge in [0.1, 0.15) is 5.76 Å². The van der Waals surface area contributed by atoms with Crippen LogP contribution in [0.3, 0.4) is 0 Å². The summed E-state index contributed by atoms with van der Waals surface area (Å²) >= 11 is 0. The maximum Gasteiger partial charge on any atom is 0.191 e. The quantitative estimate of drug-likeness (QED) is 0.643. The third-order valence-corrected chi connectivity index (χ3v) is 3.39. The van der Waals surface area contributed by atoms with Crippen molar-refractivity contribution in [2.75, 3.05) is 20.2 Å². The van der Waals surface area contributed by atoms with Gasteiger partial charge in [0.15, 0.2) is 5.96 Å². The topological polar surface area (TPSA) is 58.8 Å². The van der Waals surface area contributed by atoms with Crippen molar-refractivity contribution in [3.63, 3.8) is 0 Å². The molecule has 1 saturated heterocycles. The molecule has 2 N–H and O–H groups in total. The summed E-state index contributed by atoms with van der Waals surface area (Å²) in [5.41, 5.74) is 0. The Labute approximate surface area is 114 Å². The lowest BCUT2D eigenvalue weighted by atomic mass is 9.96. The third kappa shape index (κ3) is 4.59. The second-order valence-electron chi connectivity index (χ2n) is 4.96. The largest absolute Gasteiger partial charge is 0.467 e. The first kappa shape index (κ1) is 13.9. The van der Waals surface area contributed by atoms with Crippen LogP contribution in [0.25, 0.3) is 0 Å². The molecule has 1 aliphatic heterocycles. The van der Waals surface area contributed by atoms with Crippen molar-refractivity contribution in [3.05, 3.63) is 24.2 Å². The van der Waals surface area contributed by atoms with Gasteiger partial charge in [0, 0.05) is 20.2 Å². The van der Waals surface area contributed by atoms with Gasteiger partial charge in [-0.2, -0.15) is 0 Å². The smallest absolute Gasteiger partial charge is 0.191 e. The van der Waals surface area contributed by atoms with Crippen molar-refractivity contribution in [2.24, 2.45) is 10.9 Å². The molecular weight excluding hydrogens is 242 g/mol. The van der Waals surface area contributed by atoms with Gasteiger partial charge in [0.25, 0.3) is 0 Å². The molecule has 2 heterocycles. The highest BCUT2D eigenvalue weighted by atomic mass is 16.5. The first-order chi connectivity index (χ1) is 9.28. The fraction of sp³-hybridized carbons (Fsp3) is 0.643. The van der Waals surface area contributed by atoms with E-state index in [9.17, 15) is 0 Å². The van der Waals surface area contributed by atoms with E-state index in [0.29, 0.717) is 18.6 Å². The fourth-order valence-corrected chi connectivity index (χ4v) is 2.32. The Hall–Kier alpha value is -1.49. The molecule has 0 aromatic carbocycles. The average molecular weight is 265 g/mol. The first-order valence-electron chi connectivity index (χ1n) is 6.86. The Morgan fingerprint density at radius 1 is 1.47 bits per heavy atom. The van der Waals surface area contributed by atoms with Crippen LogP contribution in [0.15, 0.2) is 27.8 Å². The SMILES string of the molecule is CN=C(NCc1ccco1)NCC1CCOC(C)C1. The van der Waals surface area contributed by atoms with Gasteiger partial charge in [-0.3, -0.25) is 4.99 Å². The lowest BCUT2D eigenvalue weighted by Gasteiger charge is -2.27. The van der Waals surface area contributed by atoms with E-state index < -0.39 is 0 Å². The molecule has 19 heavy (non-hydrogen) atoms. The predicted octanol–water partition coefficient (Wildman–Crippen LogP) is 1.76. The average Bonchev–Trinajstić information content (AvgIpc) is 2.92. The number of guanidine groups is 1. The molecule has 1 fully saturated rings. The summed E-state index contributed by atoms with van der Waals surface area (Å²) in [6, 6.07) is 3.83. The van der Waals surface area contributed by atoms with Gasteiger partial charge in [-0.25, -0.2) is 0 Å². The highest BCUT2D eigenvalue weighted by molar-refractivity contribution is 5.79. The predicted molar refractivity (Wildman–Crippen MR) is 75.0 cm³/mol. The van der Waals surface area contributed by atoms with E-state index in [1.54, 1.807) is 13.3 Å². The standard InChI is InChI=1S/C14H23N3O2/c1-11-8-12(5-7-18-11)9-16-14(15-2)17-10-13-4-3-6-19-13/h3-4,6,11-12H,5,7-10H2,1-2H3,(H2,15,16,17). The van der Waals surface area contributed by atoms with Crippen molar-refractivity contribution < 1.29 is 9.15 Å². The van der Waals surface area contributed by atoms with Crippen LogP contribution in [0.4, 0.5) is 0 Å². The minimum absolute atomic E-state index is 0.374. The molecule has 0 radical (unpaired) electrons. The lowest BCUT2D eigenvalue weighted by Crippen LogP contribution is -2.41. The van der Waals surface area contributed by atoms with Gasteiger partial charge < -0.3 is 19.8 Å². The Morgan fingerprint density at radius 3 is 3.05 bits per heavy atom. The molecule has 106 valence electrons. The molecule has 2 atom stereocenters. The van der Waals surface area contributed by atoms with Crippen LogP contribution in [0.1, 0.15) is 25.5 Å². The van der Waals surface area contributed by atoms with Crippen LogP contribution < -0.4 is 10.6 Å². The number of nitrogens with zero attached hydrogens (tertiary/aromatic N) is 1. The molecule has 1 aromatic rings. The number of rotatable bonds is 4. The number of nitrogens with one attached hydrogen (secondary N) is 2. The van der Waals surface area contributed by atoms with Gasteiger partial charge in [-0.05, 0) is 37.8 Å². The van der Waals surface area contributed by atoms with Crippen molar-refractivity contribution >= 4 is 5.96 Å². The van der Waals surface area contributed by atoms with E-state index in [1.165, 1.54) is 0 Å². The minimum atomic E-state index is 0.374. The Balaban J connectivity index is 1.70. The molecule has 2 rings (SSSR count). The van der Waals surface area contributed by atoms with Crippen LogP contribution >= 0.6 is 0 Å². The van der Waals surface area contributed by atoms with Gasteiger partial charge in [0.05, 0.1) is 18.9 Å². The summed E-state index contributed by atoms with van der Waals surface area (Å²) in [5.74, 6) is 2.38. The number of hydrogen-bond acceptors (Lipinski definition) is 3. The van der Waals surface area contributed by atoms with E-state index in [2.05, 4.69) is 22.5 Å². The molecule has 5 heteroatoms. The summed E-state index contributed by atoms with van der Waals surface area (Å²) in [6.07, 6.45) is 4.28. The monoisotopic (exact) mass is 265 g/mol. The zero-order chi connectivity index (χ0) is 13.5. The second kappa shape index (κ2) is 7.19. The van der Waals surface area contributed by atoms with Crippen molar-refractivity contribution in [2.45, 2.75) is 32.4 Å². The Morgan fingerprint density at radius 2 is 2.37 bits per heavy atom. The highest BCUT2D eigenvalue weighted by Crippen LogP contribution is 2.18. The van der Waals surface area contributed by atoms with Gasteiger partial charge >= 0.3 is 0 Å². The van der Waals surface area contributed by atoms with E-state index >= 15 is 0 Å². The van der Waals surface area contributed by atoms with Crippen molar-refractivity contribution in [1.29, 1.82) is 0 Å². The lowest BCUT2D eigenvalue weighted by molar-refractivity contribution is 0.00378. The summed E-state index contributed by atoms with van der Waals surface area (Å²) in [5, 5.41) is 6.60. The summed E-state index contributed by atoms with van der Waals surface area (Å²) in [7, 11) is 1.78. The van der Waals surface area contributed by atoms with Crippen molar-refractivity contribution in [3.8, 4) is 0 Å². The van der Waals surface area contributed by atoms with Crippen LogP contribution in [0, 0.1) is 5.92 Å². The first-order valence-corrected chi connectivity index (χ1v) is 6.86. The zero-order valence-electron chi connectivity index (χ0n) is 11.7. The van der Waals surface area contributed by atoms with Gasteiger partial charge in [0.2, 0.25) is 0 Å². The zero-order valence-corrected chi connectivity index (χ0v) is 11.7. The molecule has 0 saturated carbocycles. The van der Waals surface area contributed by atoms with Crippen molar-refractivity contribution in [1.82, 2.24) is 10.6 Å². The minimum Gasteiger partial charge on any atom is -0.467 e. The molecule has 1 aromatic heterocycles. The van der Waals surface area contributed by atoms with E-state index in [-0.39, 0.29) is 0 Å². The molecular formula is C14H23N3O2. The second-order valence-corrected chi connectivity index (χ2v) is 4.96. The van der Waals surface area contributed by atoms with E-state index in [4.69, 9.17) is 9.15 Å². The molecule has 0 aliphatic carbocycles. The van der Waals surface area contributed by atoms with Crippen LogP contribution in [0.5, 0.6) is 0 Å². The number of aliphatic imine (C=N–C) groups is 1. The van der Waals surface area contributed by atoms with Crippen LogP contribution in [-0.2, 0) is 11.3 Å². The van der Waals surface area contributed by atoms with Crippen LogP contribution in [0.2, 0.25) is 0 Å². The molecule has 0 bridgehead atoms. The maximum atomic E-state index is 5.55. The number of furan rings is 1. The van der Waals surface area contributed by atoms with Gasteiger partial charge in [-0.15, -0.1) is 0 Å². The molecule has 2 unspecified atom stereocenters. The van der Waals surface area contributed by atoms with Gasteiger partial charge in [-0.1, -0.05) is 0 Å². The summed E-state index contributed by atoms with van der Waals surface area (Å²) < 4.78 is 10.8. The highest BCUT2D eigenvalue weighted by Gasteiger charge is 2.19. The Bertz CT molecular complexity index is 389. The summed E-state index contributed by atoms with van der Waals surface area (Å²) in [6.45, 7) is 4.59. The van der Waals surface area contributed by atoms with Crippen LogP contribution in [-0.4, -0.2) is 32.3 Å². The molecule has 1 aliphatic rings. The fourth-order valence-electron chi connectivity index (χ4n) is 2.32. The van der Waals surface area contributed by atoms with E-state index in [1.807, 2.05) is 12.1 Å². The summed E-state index contributed by atoms with van der Waals surface area (Å²) in [4.78, 5) is 4.21. The maximum absolute atomic E-state index is 5.55. The molecule has 0 amide bonds. The van der Waals surface area contributed by atoms with E-state index in [0.717, 1.165) is 37.7 Å². The Kier molecular flexibility index (Phi) is 5.27. The molecule has 0 spiro atoms.